The molecule has 3 unspecified atom stereocenters. The van der Waals surface area contributed by atoms with Crippen LogP contribution in [-0.2, 0) is 27.8 Å². The second-order valence-electron chi connectivity index (χ2n) is 7.73. The topological polar surface area (TPSA) is 86.7 Å². The molecule has 0 spiro atoms. The minimum atomic E-state index is -4.43. The monoisotopic (exact) mass is 456 g/mol. The Hall–Kier alpha value is -2.43. The molecule has 0 saturated carbocycles. The molecule has 1 aromatic rings. The first-order valence-corrected chi connectivity index (χ1v) is 10.8. The molecule has 0 bridgehead atoms. The summed E-state index contributed by atoms with van der Waals surface area (Å²) >= 11 is 0. The summed E-state index contributed by atoms with van der Waals surface area (Å²) in [4.78, 5) is 14.2. The highest BCUT2D eigenvalue weighted by atomic mass is 32.2. The molecule has 0 amide bonds. The first-order valence-electron chi connectivity index (χ1n) is 9.76. The van der Waals surface area contributed by atoms with E-state index in [1.54, 1.807) is 12.2 Å². The van der Waals surface area contributed by atoms with Crippen LogP contribution in [0, 0.1) is 5.92 Å². The lowest BCUT2D eigenvalue weighted by molar-refractivity contribution is -0.143. The fourth-order valence-electron chi connectivity index (χ4n) is 4.05. The average molecular weight is 456 g/mol. The summed E-state index contributed by atoms with van der Waals surface area (Å²) in [5, 5.41) is 13.2. The third kappa shape index (κ3) is 5.44. The SMILES string of the molecule is CC1CN(Cc2ccc(C(F)(F)F)cc2)C(C(C(=O)O)C2=CC=CCC2=S(=O)=O)CN1. The maximum atomic E-state index is 12.8. The summed E-state index contributed by atoms with van der Waals surface area (Å²) in [5.74, 6) is -2.25. The van der Waals surface area contributed by atoms with E-state index in [0.29, 0.717) is 18.7 Å². The molecule has 3 atom stereocenters. The van der Waals surface area contributed by atoms with Crippen LogP contribution in [-0.4, -0.2) is 54.4 Å². The number of allylic oxidation sites excluding steroid dienone is 3. The number of halogens is 3. The van der Waals surface area contributed by atoms with Crippen LogP contribution in [0.2, 0.25) is 0 Å². The lowest BCUT2D eigenvalue weighted by atomic mass is 9.84. The Morgan fingerprint density at radius 1 is 1.29 bits per heavy atom. The maximum absolute atomic E-state index is 12.8. The molecule has 2 aliphatic rings. The zero-order valence-corrected chi connectivity index (χ0v) is 17.6. The van der Waals surface area contributed by atoms with Gasteiger partial charge in [-0.15, -0.1) is 0 Å². The summed E-state index contributed by atoms with van der Waals surface area (Å²) in [6.07, 6.45) is 0.499. The molecule has 168 valence electrons. The van der Waals surface area contributed by atoms with E-state index in [2.05, 4.69) is 5.32 Å². The molecule has 6 nitrogen and oxygen atoms in total. The largest absolute Gasteiger partial charge is 0.481 e. The number of alkyl halides is 3. The standard InChI is InChI=1S/C21H23F3N2O4S/c1-13-11-26(12-14-6-8-15(9-7-14)21(22,23)24)17(10-25-13)19(20(27)28)16-4-2-3-5-18(16)31(29)30/h2-4,6-9,13,17,19,25H,5,10-12H2,1H3,(H,27,28). The normalized spacial score (nSPS) is 23.4. The van der Waals surface area contributed by atoms with Crippen LogP contribution in [0.15, 0.2) is 48.1 Å². The van der Waals surface area contributed by atoms with Crippen molar-refractivity contribution in [1.82, 2.24) is 10.2 Å². The molecular formula is C21H23F3N2O4S. The van der Waals surface area contributed by atoms with Crippen molar-refractivity contribution in [2.45, 2.75) is 38.1 Å². The minimum absolute atomic E-state index is 0.0393. The Bertz CT molecular complexity index is 1020. The molecule has 1 aliphatic heterocycles. The van der Waals surface area contributed by atoms with Gasteiger partial charge in [-0.3, -0.25) is 9.69 Å². The van der Waals surface area contributed by atoms with Gasteiger partial charge in [0.05, 0.1) is 16.3 Å². The first-order chi connectivity index (χ1) is 14.6. The Morgan fingerprint density at radius 3 is 2.55 bits per heavy atom. The van der Waals surface area contributed by atoms with Crippen LogP contribution < -0.4 is 5.32 Å². The van der Waals surface area contributed by atoms with Gasteiger partial charge in [0.15, 0.2) is 0 Å². The van der Waals surface area contributed by atoms with Crippen molar-refractivity contribution in [1.29, 1.82) is 0 Å². The van der Waals surface area contributed by atoms with Crippen molar-refractivity contribution in [3.05, 3.63) is 59.2 Å². The summed E-state index contributed by atoms with van der Waals surface area (Å²) in [6, 6.07) is 4.24. The van der Waals surface area contributed by atoms with Crippen LogP contribution in [0.5, 0.6) is 0 Å². The lowest BCUT2D eigenvalue weighted by Gasteiger charge is -2.42. The molecule has 3 rings (SSSR count). The van der Waals surface area contributed by atoms with E-state index in [0.717, 1.165) is 12.1 Å². The second-order valence-corrected chi connectivity index (χ2v) is 8.69. The molecule has 1 aliphatic carbocycles. The molecule has 31 heavy (non-hydrogen) atoms. The molecular weight excluding hydrogens is 433 g/mol. The van der Waals surface area contributed by atoms with Crippen LogP contribution in [0.4, 0.5) is 13.2 Å². The Labute approximate surface area is 179 Å². The van der Waals surface area contributed by atoms with Gasteiger partial charge in [-0.05, 0) is 30.2 Å². The molecule has 1 heterocycles. The molecule has 1 aromatic carbocycles. The number of nitrogens with one attached hydrogen (secondary N) is 1. The van der Waals surface area contributed by atoms with E-state index >= 15 is 0 Å². The van der Waals surface area contributed by atoms with Gasteiger partial charge in [0.25, 0.3) is 0 Å². The van der Waals surface area contributed by atoms with E-state index in [1.807, 2.05) is 11.8 Å². The summed E-state index contributed by atoms with van der Waals surface area (Å²) in [6.45, 7) is 2.95. The van der Waals surface area contributed by atoms with Gasteiger partial charge in [-0.25, -0.2) is 0 Å². The van der Waals surface area contributed by atoms with Gasteiger partial charge in [0.1, 0.15) is 0 Å². The predicted molar refractivity (Wildman–Crippen MR) is 110 cm³/mol. The second kappa shape index (κ2) is 9.37. The van der Waals surface area contributed by atoms with Gasteiger partial charge in [-0.2, -0.15) is 21.6 Å². The molecule has 0 aromatic heterocycles. The van der Waals surface area contributed by atoms with Crippen LogP contribution >= 0.6 is 0 Å². The smallest absolute Gasteiger partial charge is 0.416 e. The Morgan fingerprint density at radius 2 is 1.97 bits per heavy atom. The summed E-state index contributed by atoms with van der Waals surface area (Å²) < 4.78 is 61.9. The number of piperazine rings is 1. The number of carbonyl (C=O) groups is 1. The Balaban J connectivity index is 1.93. The molecule has 10 heteroatoms. The van der Waals surface area contributed by atoms with E-state index in [9.17, 15) is 31.5 Å². The van der Waals surface area contributed by atoms with Crippen molar-refractivity contribution < 1.29 is 31.5 Å². The van der Waals surface area contributed by atoms with Gasteiger partial charge in [0, 0.05) is 38.1 Å². The van der Waals surface area contributed by atoms with E-state index < -0.39 is 40.0 Å². The number of carboxylic acid groups (broad SMARTS) is 1. The molecule has 0 radical (unpaired) electrons. The third-order valence-electron chi connectivity index (χ3n) is 5.54. The molecule has 1 saturated heterocycles. The number of hydrogen-bond donors (Lipinski definition) is 2. The third-order valence-corrected chi connectivity index (χ3v) is 6.35. The number of carboxylic acids is 1. The van der Waals surface area contributed by atoms with E-state index in [4.69, 9.17) is 0 Å². The summed E-state index contributed by atoms with van der Waals surface area (Å²) in [5.41, 5.74) is 0.105. The molecule has 2 N–H and O–H groups in total. The van der Waals surface area contributed by atoms with Crippen LogP contribution in [0.3, 0.4) is 0 Å². The number of nitrogens with zero attached hydrogens (tertiary/aromatic N) is 1. The highest BCUT2D eigenvalue weighted by Crippen LogP contribution is 2.31. The van der Waals surface area contributed by atoms with Gasteiger partial charge >= 0.3 is 12.1 Å². The van der Waals surface area contributed by atoms with E-state index in [-0.39, 0.29) is 29.4 Å². The van der Waals surface area contributed by atoms with Gasteiger partial charge < -0.3 is 10.4 Å². The first kappa shape index (κ1) is 23.2. The van der Waals surface area contributed by atoms with Crippen molar-refractivity contribution in [3.63, 3.8) is 0 Å². The average Bonchev–Trinajstić information content (AvgIpc) is 2.69. The maximum Gasteiger partial charge on any atom is 0.416 e. The fourth-order valence-corrected chi connectivity index (χ4v) is 4.67. The van der Waals surface area contributed by atoms with Crippen LogP contribution in [0.25, 0.3) is 0 Å². The van der Waals surface area contributed by atoms with Crippen molar-refractivity contribution in [3.8, 4) is 0 Å². The number of hydrogen-bond acceptors (Lipinski definition) is 5. The van der Waals surface area contributed by atoms with Crippen molar-refractivity contribution >= 4 is 21.1 Å². The highest BCUT2D eigenvalue weighted by molar-refractivity contribution is 7.73. The number of benzene rings is 1. The highest BCUT2D eigenvalue weighted by Gasteiger charge is 2.40. The number of aliphatic carboxylic acids is 1. The quantitative estimate of drug-likeness (QED) is 0.663. The summed E-state index contributed by atoms with van der Waals surface area (Å²) in [7, 11) is -2.55. The lowest BCUT2D eigenvalue weighted by Crippen LogP contribution is -2.59. The van der Waals surface area contributed by atoms with E-state index in [1.165, 1.54) is 18.2 Å². The van der Waals surface area contributed by atoms with Gasteiger partial charge in [0.2, 0.25) is 10.3 Å². The number of rotatable bonds is 5. The van der Waals surface area contributed by atoms with Crippen molar-refractivity contribution in [2.75, 3.05) is 13.1 Å². The van der Waals surface area contributed by atoms with Gasteiger partial charge in [-0.1, -0.05) is 30.4 Å². The van der Waals surface area contributed by atoms with Crippen molar-refractivity contribution in [2.24, 2.45) is 5.92 Å². The zero-order valence-electron chi connectivity index (χ0n) is 16.8. The van der Waals surface area contributed by atoms with Crippen LogP contribution in [0.1, 0.15) is 24.5 Å². The zero-order chi connectivity index (χ0) is 22.8. The fraction of sp³-hybridized carbons (Fsp3) is 0.429. The predicted octanol–water partition coefficient (Wildman–Crippen LogP) is 2.51. The molecule has 1 fully saturated rings. The Kier molecular flexibility index (Phi) is 7.03. The minimum Gasteiger partial charge on any atom is -0.481 e.